The number of thioether (sulfide) groups is 1. The topological polar surface area (TPSA) is 49.4 Å². The first-order valence-corrected chi connectivity index (χ1v) is 9.17. The number of amides is 2. The first-order valence-electron chi connectivity index (χ1n) is 8.01. The number of rotatable bonds is 4. The van der Waals surface area contributed by atoms with E-state index in [0.717, 1.165) is 17.1 Å². The van der Waals surface area contributed by atoms with E-state index >= 15 is 0 Å². The highest BCUT2D eigenvalue weighted by Gasteiger charge is 2.44. The zero-order chi connectivity index (χ0) is 16.3. The van der Waals surface area contributed by atoms with Gasteiger partial charge in [-0.15, -0.1) is 0 Å². The Labute approximate surface area is 141 Å². The predicted molar refractivity (Wildman–Crippen MR) is 93.4 cm³/mol. The number of likely N-dealkylation sites (tertiary alicyclic amines) is 1. The van der Waals surface area contributed by atoms with Crippen LogP contribution in [0.15, 0.2) is 43.0 Å². The monoisotopic (exact) mass is 330 g/mol. The quantitative estimate of drug-likeness (QED) is 0.859. The highest BCUT2D eigenvalue weighted by atomic mass is 32.2. The number of carbonyl (C=O) groups is 2. The number of hydrogen-bond donors (Lipinski definition) is 1. The highest BCUT2D eigenvalue weighted by molar-refractivity contribution is 8.00. The second-order valence-corrected chi connectivity index (χ2v) is 7.26. The zero-order valence-electron chi connectivity index (χ0n) is 13.2. The van der Waals surface area contributed by atoms with Gasteiger partial charge in [-0.05, 0) is 24.5 Å². The second kappa shape index (κ2) is 6.79. The lowest BCUT2D eigenvalue weighted by molar-refractivity contribution is -0.134. The van der Waals surface area contributed by atoms with Crippen LogP contribution < -0.4 is 5.32 Å². The fourth-order valence-electron chi connectivity index (χ4n) is 3.28. The molecule has 5 heteroatoms. The van der Waals surface area contributed by atoms with E-state index in [2.05, 4.69) is 11.9 Å². The Morgan fingerprint density at radius 3 is 2.39 bits per heavy atom. The van der Waals surface area contributed by atoms with E-state index in [4.69, 9.17) is 0 Å². The molecule has 0 bridgehead atoms. The van der Waals surface area contributed by atoms with Crippen molar-refractivity contribution < 1.29 is 9.59 Å². The van der Waals surface area contributed by atoms with E-state index in [9.17, 15) is 9.59 Å². The largest absolute Gasteiger partial charge is 0.351 e. The van der Waals surface area contributed by atoms with Crippen molar-refractivity contribution in [3.8, 4) is 0 Å². The lowest BCUT2D eigenvalue weighted by atomic mass is 9.71. The van der Waals surface area contributed by atoms with Gasteiger partial charge in [0.05, 0.1) is 5.41 Å². The molecule has 2 aliphatic heterocycles. The van der Waals surface area contributed by atoms with E-state index in [1.54, 1.807) is 4.90 Å². The van der Waals surface area contributed by atoms with Crippen LogP contribution in [0.3, 0.4) is 0 Å². The Balaban J connectivity index is 1.82. The number of hydrogen-bond acceptors (Lipinski definition) is 3. The highest BCUT2D eigenvalue weighted by Crippen LogP contribution is 2.36. The molecular weight excluding hydrogens is 308 g/mol. The zero-order valence-corrected chi connectivity index (χ0v) is 14.0. The lowest BCUT2D eigenvalue weighted by Gasteiger charge is -2.42. The van der Waals surface area contributed by atoms with Crippen molar-refractivity contribution in [3.05, 3.63) is 48.6 Å². The Hall–Kier alpha value is -1.75. The van der Waals surface area contributed by atoms with Crippen LogP contribution in [0.5, 0.6) is 0 Å². The molecule has 1 N–H and O–H groups in total. The van der Waals surface area contributed by atoms with E-state index < -0.39 is 5.41 Å². The summed E-state index contributed by atoms with van der Waals surface area (Å²) in [6, 6.07) is 10.3. The average molecular weight is 330 g/mol. The molecule has 0 unspecified atom stereocenters. The molecule has 1 aromatic rings. The van der Waals surface area contributed by atoms with Gasteiger partial charge in [0.2, 0.25) is 11.8 Å². The summed E-state index contributed by atoms with van der Waals surface area (Å²) in [5, 5.41) is 3.20. The molecule has 3 rings (SSSR count). The maximum atomic E-state index is 13.0. The molecule has 0 radical (unpaired) electrons. The SMILES string of the molecule is C=CC(=O)N1CCC(C(=O)NC2CSC2)(c2ccccc2)CC1. The lowest BCUT2D eigenvalue weighted by Crippen LogP contribution is -2.56. The number of nitrogens with zero attached hydrogens (tertiary/aromatic N) is 1. The Bertz CT molecular complexity index is 590. The van der Waals surface area contributed by atoms with Crippen LogP contribution in [0.1, 0.15) is 18.4 Å². The molecule has 0 spiro atoms. The van der Waals surface area contributed by atoms with Crippen molar-refractivity contribution in [2.24, 2.45) is 0 Å². The van der Waals surface area contributed by atoms with Crippen LogP contribution in [-0.4, -0.2) is 47.4 Å². The molecule has 0 saturated carbocycles. The van der Waals surface area contributed by atoms with Crippen molar-refractivity contribution in [3.63, 3.8) is 0 Å². The van der Waals surface area contributed by atoms with Gasteiger partial charge in [0, 0.05) is 30.6 Å². The molecule has 2 amide bonds. The smallest absolute Gasteiger partial charge is 0.245 e. The molecule has 23 heavy (non-hydrogen) atoms. The van der Waals surface area contributed by atoms with Crippen LogP contribution >= 0.6 is 11.8 Å². The van der Waals surface area contributed by atoms with E-state index in [-0.39, 0.29) is 11.8 Å². The normalized spacial score (nSPS) is 20.4. The van der Waals surface area contributed by atoms with Crippen molar-refractivity contribution in [1.29, 1.82) is 0 Å². The fourth-order valence-corrected chi connectivity index (χ4v) is 3.92. The number of piperidine rings is 1. The molecule has 122 valence electrons. The summed E-state index contributed by atoms with van der Waals surface area (Å²) < 4.78 is 0. The third kappa shape index (κ3) is 3.15. The van der Waals surface area contributed by atoms with Gasteiger partial charge in [-0.25, -0.2) is 0 Å². The summed E-state index contributed by atoms with van der Waals surface area (Å²) in [6.07, 6.45) is 2.66. The van der Waals surface area contributed by atoms with E-state index in [0.29, 0.717) is 32.0 Å². The maximum Gasteiger partial charge on any atom is 0.245 e. The van der Waals surface area contributed by atoms with Crippen LogP contribution in [-0.2, 0) is 15.0 Å². The van der Waals surface area contributed by atoms with Gasteiger partial charge in [0.1, 0.15) is 0 Å². The number of benzene rings is 1. The van der Waals surface area contributed by atoms with Crippen LogP contribution in [0.25, 0.3) is 0 Å². The molecule has 2 aliphatic rings. The summed E-state index contributed by atoms with van der Waals surface area (Å²) in [5.41, 5.74) is 0.523. The van der Waals surface area contributed by atoms with Crippen LogP contribution in [0, 0.1) is 0 Å². The third-order valence-electron chi connectivity index (χ3n) is 4.84. The Morgan fingerprint density at radius 1 is 1.22 bits per heavy atom. The minimum atomic E-state index is -0.528. The van der Waals surface area contributed by atoms with Crippen LogP contribution in [0.4, 0.5) is 0 Å². The molecule has 2 fully saturated rings. The Morgan fingerprint density at radius 2 is 1.87 bits per heavy atom. The minimum Gasteiger partial charge on any atom is -0.351 e. The van der Waals surface area contributed by atoms with Crippen molar-refractivity contribution in [2.45, 2.75) is 24.3 Å². The summed E-state index contributed by atoms with van der Waals surface area (Å²) in [6.45, 7) is 4.73. The summed E-state index contributed by atoms with van der Waals surface area (Å²) in [7, 11) is 0. The van der Waals surface area contributed by atoms with Gasteiger partial charge in [-0.3, -0.25) is 9.59 Å². The summed E-state index contributed by atoms with van der Waals surface area (Å²) in [5.74, 6) is 2.05. The molecule has 0 atom stereocenters. The van der Waals surface area contributed by atoms with Gasteiger partial charge in [-0.1, -0.05) is 36.9 Å². The standard InChI is InChI=1S/C18H22N2O2S/c1-2-16(21)20-10-8-18(9-11-20,14-6-4-3-5-7-14)17(22)19-15-12-23-13-15/h2-7,15H,1,8-13H2,(H,19,22). The van der Waals surface area contributed by atoms with Gasteiger partial charge in [0.25, 0.3) is 0 Å². The minimum absolute atomic E-state index is 0.0533. The second-order valence-electron chi connectivity index (χ2n) is 6.19. The molecular formula is C18H22N2O2S. The summed E-state index contributed by atoms with van der Waals surface area (Å²) >= 11 is 1.86. The first-order chi connectivity index (χ1) is 11.2. The predicted octanol–water partition coefficient (Wildman–Crippen LogP) is 1.96. The molecule has 2 heterocycles. The maximum absolute atomic E-state index is 13.0. The molecule has 2 saturated heterocycles. The van der Waals surface area contributed by atoms with Crippen molar-refractivity contribution in [1.82, 2.24) is 10.2 Å². The molecule has 0 aliphatic carbocycles. The fraction of sp³-hybridized carbons (Fsp3) is 0.444. The number of nitrogens with one attached hydrogen (secondary N) is 1. The molecule has 0 aromatic heterocycles. The van der Waals surface area contributed by atoms with Crippen molar-refractivity contribution in [2.75, 3.05) is 24.6 Å². The van der Waals surface area contributed by atoms with E-state index in [1.807, 2.05) is 42.1 Å². The molecule has 4 nitrogen and oxygen atoms in total. The van der Waals surface area contributed by atoms with Gasteiger partial charge < -0.3 is 10.2 Å². The summed E-state index contributed by atoms with van der Waals surface area (Å²) in [4.78, 5) is 26.6. The van der Waals surface area contributed by atoms with Gasteiger partial charge >= 0.3 is 0 Å². The van der Waals surface area contributed by atoms with E-state index in [1.165, 1.54) is 6.08 Å². The van der Waals surface area contributed by atoms with Gasteiger partial charge in [0.15, 0.2) is 0 Å². The van der Waals surface area contributed by atoms with Gasteiger partial charge in [-0.2, -0.15) is 11.8 Å². The molecule has 1 aromatic carbocycles. The number of carbonyl (C=O) groups excluding carboxylic acids is 2. The van der Waals surface area contributed by atoms with Crippen molar-refractivity contribution >= 4 is 23.6 Å². The van der Waals surface area contributed by atoms with Crippen LogP contribution in [0.2, 0.25) is 0 Å². The third-order valence-corrected chi connectivity index (χ3v) is 6.11. The average Bonchev–Trinajstić information content (AvgIpc) is 2.58. The Kier molecular flexibility index (Phi) is 4.76. The first kappa shape index (κ1) is 16.1.